The average Bonchev–Trinajstić information content (AvgIpc) is 3.60. The normalized spacial score (nSPS) is 16.0. The van der Waals surface area contributed by atoms with E-state index in [9.17, 15) is 10.1 Å². The number of hydrogen-bond donors (Lipinski definition) is 0. The minimum absolute atomic E-state index is 0.0488. The van der Waals surface area contributed by atoms with Gasteiger partial charge in [-0.05, 0) is 55.5 Å². The van der Waals surface area contributed by atoms with E-state index in [1.165, 1.54) is 55.1 Å². The summed E-state index contributed by atoms with van der Waals surface area (Å²) in [4.78, 5) is 16.5. The van der Waals surface area contributed by atoms with Gasteiger partial charge < -0.3 is 9.47 Å². The maximum absolute atomic E-state index is 11.6. The lowest BCUT2D eigenvalue weighted by Crippen LogP contribution is -2.14. The molecule has 0 radical (unpaired) electrons. The fourth-order valence-electron chi connectivity index (χ4n) is 5.18. The maximum Gasteiger partial charge on any atom is 0.294 e. The molecule has 0 unspecified atom stereocenters. The summed E-state index contributed by atoms with van der Waals surface area (Å²) >= 11 is 1.40. The predicted molar refractivity (Wildman–Crippen MR) is 152 cm³/mol. The molecular weight excluding hydrogens is 512 g/mol. The molecule has 1 saturated carbocycles. The van der Waals surface area contributed by atoms with Gasteiger partial charge in [0.2, 0.25) is 11.6 Å². The van der Waals surface area contributed by atoms with E-state index in [1.807, 2.05) is 30.5 Å². The number of nitro groups is 1. The van der Waals surface area contributed by atoms with E-state index < -0.39 is 4.92 Å². The molecule has 0 spiro atoms. The van der Waals surface area contributed by atoms with Gasteiger partial charge in [-0.25, -0.2) is 9.67 Å². The van der Waals surface area contributed by atoms with Crippen LogP contribution in [0.2, 0.25) is 0 Å². The van der Waals surface area contributed by atoms with Crippen LogP contribution in [0, 0.1) is 10.1 Å². The van der Waals surface area contributed by atoms with Gasteiger partial charge in [-0.15, -0.1) is 11.3 Å². The third kappa shape index (κ3) is 5.22. The van der Waals surface area contributed by atoms with E-state index in [-0.39, 0.29) is 18.2 Å². The number of hydrogen-bond acceptors (Lipinski definition) is 7. The Bertz CT molecular complexity index is 1610. The molecule has 2 aliphatic rings. The molecule has 0 bridgehead atoms. The Morgan fingerprint density at radius 1 is 1.00 bits per heavy atom. The predicted octanol–water partition coefficient (Wildman–Crippen LogP) is 7.41. The summed E-state index contributed by atoms with van der Waals surface area (Å²) in [5.74, 6) is 2.01. The number of rotatable bonds is 6. The molecule has 1 aromatic heterocycles. The van der Waals surface area contributed by atoms with E-state index in [0.717, 1.165) is 22.5 Å². The zero-order chi connectivity index (χ0) is 26.8. The second-order valence-corrected chi connectivity index (χ2v) is 10.6. The molecule has 1 aliphatic heterocycles. The van der Waals surface area contributed by atoms with Crippen LogP contribution in [0.5, 0.6) is 11.5 Å². The largest absolute Gasteiger partial charge is 0.454 e. The summed E-state index contributed by atoms with van der Waals surface area (Å²) in [5, 5.41) is 18.6. The number of nitro benzene ring substituents is 1. The lowest BCUT2D eigenvalue weighted by Gasteiger charge is -2.22. The van der Waals surface area contributed by atoms with Crippen molar-refractivity contribution in [1.82, 2.24) is 4.68 Å². The van der Waals surface area contributed by atoms with Gasteiger partial charge in [0.15, 0.2) is 11.5 Å². The molecule has 9 heteroatoms. The second-order valence-electron chi connectivity index (χ2n) is 9.78. The van der Waals surface area contributed by atoms with E-state index in [0.29, 0.717) is 22.2 Å². The van der Waals surface area contributed by atoms with E-state index in [4.69, 9.17) is 19.6 Å². The van der Waals surface area contributed by atoms with Crippen LogP contribution in [0.1, 0.15) is 56.1 Å². The third-order valence-electron chi connectivity index (χ3n) is 7.30. The number of aromatic nitrogens is 1. The van der Waals surface area contributed by atoms with Crippen LogP contribution in [0.3, 0.4) is 0 Å². The monoisotopic (exact) mass is 540 g/mol. The Balaban J connectivity index is 1.45. The summed E-state index contributed by atoms with van der Waals surface area (Å²) in [6.07, 6.45) is 6.41. The van der Waals surface area contributed by atoms with Crippen molar-refractivity contribution in [2.45, 2.75) is 44.9 Å². The highest BCUT2D eigenvalue weighted by Gasteiger charge is 2.18. The standard InChI is InChI=1S/C30H28N4O4S/c1-20(24-15-16-28-29(17-24)38-19-37-28)32-33-27(23-13-11-22(12-14-23)21-7-3-2-4-8-21)18-39-30(33)31-25-9-5-6-10-26(25)34(35)36/h5-6,9-18,21H,2-4,7-8,19H2,1H3. The molecule has 39 heavy (non-hydrogen) atoms. The van der Waals surface area contributed by atoms with Crippen molar-refractivity contribution in [2.24, 2.45) is 10.1 Å². The minimum atomic E-state index is -0.414. The van der Waals surface area contributed by atoms with E-state index in [1.54, 1.807) is 22.9 Å². The molecular formula is C30H28N4O4S. The first-order valence-corrected chi connectivity index (χ1v) is 14.0. The minimum Gasteiger partial charge on any atom is -0.454 e. The average molecular weight is 541 g/mol. The molecule has 3 aromatic carbocycles. The Kier molecular flexibility index (Phi) is 6.98. The summed E-state index contributed by atoms with van der Waals surface area (Å²) in [5.41, 5.74) is 5.12. The Labute approximate surface area is 230 Å². The first-order valence-electron chi connectivity index (χ1n) is 13.1. The second kappa shape index (κ2) is 10.9. The van der Waals surface area contributed by atoms with Gasteiger partial charge in [-0.2, -0.15) is 5.10 Å². The smallest absolute Gasteiger partial charge is 0.294 e. The number of ether oxygens (including phenoxy) is 2. The van der Waals surface area contributed by atoms with Crippen molar-refractivity contribution in [3.63, 3.8) is 0 Å². The Hall–Kier alpha value is -4.24. The summed E-state index contributed by atoms with van der Waals surface area (Å²) < 4.78 is 12.8. The number of fused-ring (bicyclic) bond motifs is 1. The summed E-state index contributed by atoms with van der Waals surface area (Å²) in [6.45, 7) is 2.13. The van der Waals surface area contributed by atoms with Crippen LogP contribution < -0.4 is 14.3 Å². The van der Waals surface area contributed by atoms with Gasteiger partial charge in [-0.3, -0.25) is 10.1 Å². The van der Waals surface area contributed by atoms with Crippen LogP contribution in [0.4, 0.5) is 11.4 Å². The fourth-order valence-corrected chi connectivity index (χ4v) is 6.02. The lowest BCUT2D eigenvalue weighted by molar-refractivity contribution is -0.384. The number of para-hydroxylation sites is 2. The molecule has 2 heterocycles. The van der Waals surface area contributed by atoms with Crippen LogP contribution in [-0.2, 0) is 0 Å². The number of benzene rings is 3. The van der Waals surface area contributed by atoms with Crippen molar-refractivity contribution in [3.8, 4) is 22.8 Å². The van der Waals surface area contributed by atoms with E-state index >= 15 is 0 Å². The van der Waals surface area contributed by atoms with Crippen molar-refractivity contribution >= 4 is 28.4 Å². The first kappa shape index (κ1) is 25.1. The molecule has 1 fully saturated rings. The third-order valence-corrected chi connectivity index (χ3v) is 8.12. The highest BCUT2D eigenvalue weighted by Crippen LogP contribution is 2.35. The maximum atomic E-state index is 11.6. The van der Waals surface area contributed by atoms with Crippen LogP contribution in [-0.4, -0.2) is 22.1 Å². The summed E-state index contributed by atoms with van der Waals surface area (Å²) in [6, 6.07) is 20.9. The fraction of sp³-hybridized carbons (Fsp3) is 0.267. The van der Waals surface area contributed by atoms with E-state index in [2.05, 4.69) is 24.3 Å². The van der Waals surface area contributed by atoms with Gasteiger partial charge in [0.1, 0.15) is 5.69 Å². The molecule has 0 atom stereocenters. The van der Waals surface area contributed by atoms with Gasteiger partial charge in [0.25, 0.3) is 5.69 Å². The Morgan fingerprint density at radius 2 is 1.77 bits per heavy atom. The van der Waals surface area contributed by atoms with Crippen molar-refractivity contribution in [3.05, 3.63) is 98.2 Å². The van der Waals surface area contributed by atoms with Crippen molar-refractivity contribution in [1.29, 1.82) is 0 Å². The quantitative estimate of drug-likeness (QED) is 0.145. The molecule has 8 nitrogen and oxygen atoms in total. The van der Waals surface area contributed by atoms with Crippen LogP contribution >= 0.6 is 11.3 Å². The van der Waals surface area contributed by atoms with Crippen molar-refractivity contribution < 1.29 is 14.4 Å². The highest BCUT2D eigenvalue weighted by molar-refractivity contribution is 7.07. The molecule has 0 N–H and O–H groups in total. The summed E-state index contributed by atoms with van der Waals surface area (Å²) in [7, 11) is 0. The van der Waals surface area contributed by atoms with Gasteiger partial charge in [-0.1, -0.05) is 55.7 Å². The lowest BCUT2D eigenvalue weighted by atomic mass is 9.84. The first-order chi connectivity index (χ1) is 19.1. The molecule has 0 amide bonds. The number of thiazole rings is 1. The zero-order valence-corrected chi connectivity index (χ0v) is 22.4. The molecule has 6 rings (SSSR count). The highest BCUT2D eigenvalue weighted by atomic mass is 32.1. The Morgan fingerprint density at radius 3 is 2.56 bits per heavy atom. The molecule has 198 valence electrons. The van der Waals surface area contributed by atoms with Crippen LogP contribution in [0.15, 0.2) is 82.2 Å². The molecule has 1 aliphatic carbocycles. The molecule has 0 saturated heterocycles. The van der Waals surface area contributed by atoms with Gasteiger partial charge in [0.05, 0.1) is 16.3 Å². The van der Waals surface area contributed by atoms with Crippen molar-refractivity contribution in [2.75, 3.05) is 6.79 Å². The van der Waals surface area contributed by atoms with Gasteiger partial charge >= 0.3 is 0 Å². The number of nitrogens with zero attached hydrogens (tertiary/aromatic N) is 4. The van der Waals surface area contributed by atoms with Gasteiger partial charge in [0, 0.05) is 22.6 Å². The van der Waals surface area contributed by atoms with Crippen LogP contribution in [0.25, 0.3) is 11.3 Å². The zero-order valence-electron chi connectivity index (χ0n) is 21.6. The molecule has 4 aromatic rings. The topological polar surface area (TPSA) is 91.2 Å². The SMILES string of the molecule is CC(=Nn1c(-c2ccc(C3CCCCC3)cc2)csc1=Nc1ccccc1[N+](=O)[O-])c1ccc2c(c1)OCO2.